The van der Waals surface area contributed by atoms with Gasteiger partial charge in [0.05, 0.1) is 12.5 Å². The number of carbonyl (C=O) groups is 1. The van der Waals surface area contributed by atoms with E-state index in [-0.39, 0.29) is 11.2 Å². The van der Waals surface area contributed by atoms with Gasteiger partial charge in [-0.05, 0) is 39.6 Å². The number of benzene rings is 2. The maximum absolute atomic E-state index is 11.2. The lowest BCUT2D eigenvalue weighted by Gasteiger charge is -2.09. The molecule has 0 heterocycles. The van der Waals surface area contributed by atoms with Crippen LogP contribution in [0.4, 0.5) is 0 Å². The van der Waals surface area contributed by atoms with Gasteiger partial charge in [0.25, 0.3) is 0 Å². The minimum Gasteiger partial charge on any atom is -0.380 e. The van der Waals surface area contributed by atoms with E-state index in [1.54, 1.807) is 7.11 Å². The van der Waals surface area contributed by atoms with Crippen LogP contribution in [0.3, 0.4) is 0 Å². The lowest BCUT2D eigenvalue weighted by atomic mass is 9.98. The predicted molar refractivity (Wildman–Crippen MR) is 73.9 cm³/mol. The van der Waals surface area contributed by atoms with Crippen LogP contribution in [0.25, 0.3) is 10.8 Å². The molecule has 2 aromatic rings. The van der Waals surface area contributed by atoms with E-state index in [4.69, 9.17) is 16.3 Å². The normalized spacial score (nSPS) is 12.6. The van der Waals surface area contributed by atoms with Crippen LogP contribution in [-0.4, -0.2) is 12.4 Å². The number of carbonyl (C=O) groups excluding carboxylic acids is 1. The van der Waals surface area contributed by atoms with Gasteiger partial charge in [0, 0.05) is 7.11 Å². The summed E-state index contributed by atoms with van der Waals surface area (Å²) >= 11 is 5.52. The van der Waals surface area contributed by atoms with Crippen molar-refractivity contribution in [2.45, 2.75) is 19.4 Å². The van der Waals surface area contributed by atoms with E-state index in [0.717, 1.165) is 21.9 Å². The Morgan fingerprint density at radius 2 is 1.89 bits per heavy atom. The van der Waals surface area contributed by atoms with Gasteiger partial charge >= 0.3 is 0 Å². The molecule has 0 aliphatic carbocycles. The quantitative estimate of drug-likeness (QED) is 0.782. The van der Waals surface area contributed by atoms with Gasteiger partial charge in [0.15, 0.2) is 0 Å². The summed E-state index contributed by atoms with van der Waals surface area (Å²) in [5, 5.41) is 1.92. The highest BCUT2D eigenvalue weighted by molar-refractivity contribution is 6.64. The van der Waals surface area contributed by atoms with Crippen molar-refractivity contribution in [3.8, 4) is 0 Å². The smallest absolute Gasteiger partial charge is 0.228 e. The third kappa shape index (κ3) is 2.71. The standard InChI is InChI=1S/C15H15ClO2/c1-10(15(16)17)12-5-6-13-7-11(9-18-2)3-4-14(13)8-12/h3-8,10H,9H2,1-2H3. The predicted octanol–water partition coefficient (Wildman–Crippen LogP) is 3.86. The van der Waals surface area contributed by atoms with Crippen LogP contribution in [0, 0.1) is 0 Å². The molecule has 0 radical (unpaired) electrons. The molecular weight excluding hydrogens is 248 g/mol. The van der Waals surface area contributed by atoms with E-state index < -0.39 is 0 Å². The highest BCUT2D eigenvalue weighted by Crippen LogP contribution is 2.24. The monoisotopic (exact) mass is 262 g/mol. The van der Waals surface area contributed by atoms with Crippen molar-refractivity contribution < 1.29 is 9.53 Å². The van der Waals surface area contributed by atoms with Crippen molar-refractivity contribution in [2.75, 3.05) is 7.11 Å². The van der Waals surface area contributed by atoms with Crippen LogP contribution in [0.5, 0.6) is 0 Å². The van der Waals surface area contributed by atoms with E-state index in [1.165, 1.54) is 0 Å². The van der Waals surface area contributed by atoms with Gasteiger partial charge in [0.2, 0.25) is 5.24 Å². The lowest BCUT2D eigenvalue weighted by Crippen LogP contribution is -2.01. The minimum atomic E-state index is -0.328. The van der Waals surface area contributed by atoms with E-state index >= 15 is 0 Å². The SMILES string of the molecule is COCc1ccc2cc(C(C)C(=O)Cl)ccc2c1. The first-order chi connectivity index (χ1) is 8.61. The zero-order chi connectivity index (χ0) is 13.1. The number of hydrogen-bond donors (Lipinski definition) is 0. The second kappa shape index (κ2) is 5.51. The molecule has 0 fully saturated rings. The Kier molecular flexibility index (Phi) is 4.00. The summed E-state index contributed by atoms with van der Waals surface area (Å²) in [5.41, 5.74) is 2.08. The van der Waals surface area contributed by atoms with Crippen molar-refractivity contribution in [3.05, 3.63) is 47.5 Å². The summed E-state index contributed by atoms with van der Waals surface area (Å²) in [6.45, 7) is 2.42. The molecule has 0 aliphatic heterocycles. The Morgan fingerprint density at radius 3 is 2.56 bits per heavy atom. The number of fused-ring (bicyclic) bond motifs is 1. The Labute approximate surface area is 112 Å². The summed E-state index contributed by atoms with van der Waals surface area (Å²) in [5.74, 6) is -0.269. The second-order valence-electron chi connectivity index (χ2n) is 4.40. The zero-order valence-electron chi connectivity index (χ0n) is 10.4. The first kappa shape index (κ1) is 13.1. The van der Waals surface area contributed by atoms with E-state index in [0.29, 0.717) is 6.61 Å². The van der Waals surface area contributed by atoms with Crippen molar-refractivity contribution in [1.29, 1.82) is 0 Å². The Hall–Kier alpha value is -1.38. The van der Waals surface area contributed by atoms with Crippen LogP contribution >= 0.6 is 11.6 Å². The van der Waals surface area contributed by atoms with Gasteiger partial charge in [-0.15, -0.1) is 0 Å². The van der Waals surface area contributed by atoms with Gasteiger partial charge in [0.1, 0.15) is 0 Å². The number of halogens is 1. The molecule has 0 amide bonds. The molecule has 2 rings (SSSR count). The van der Waals surface area contributed by atoms with Crippen LogP contribution < -0.4 is 0 Å². The molecule has 3 heteroatoms. The van der Waals surface area contributed by atoms with Crippen LogP contribution in [0.1, 0.15) is 24.0 Å². The summed E-state index contributed by atoms with van der Waals surface area (Å²) in [6.07, 6.45) is 0. The zero-order valence-corrected chi connectivity index (χ0v) is 11.2. The Balaban J connectivity index is 2.41. The molecule has 0 bridgehead atoms. The average molecular weight is 263 g/mol. The summed E-state index contributed by atoms with van der Waals surface area (Å²) < 4.78 is 5.11. The average Bonchev–Trinajstić information content (AvgIpc) is 2.37. The van der Waals surface area contributed by atoms with Crippen molar-refractivity contribution in [2.24, 2.45) is 0 Å². The minimum absolute atomic E-state index is 0.269. The third-order valence-corrected chi connectivity index (χ3v) is 3.41. The van der Waals surface area contributed by atoms with Crippen LogP contribution in [0.2, 0.25) is 0 Å². The molecule has 0 aliphatic rings. The summed E-state index contributed by atoms with van der Waals surface area (Å²) in [7, 11) is 1.68. The molecule has 18 heavy (non-hydrogen) atoms. The molecule has 1 unspecified atom stereocenters. The largest absolute Gasteiger partial charge is 0.380 e. The molecular formula is C15H15ClO2. The van der Waals surface area contributed by atoms with Crippen molar-refractivity contribution >= 4 is 27.6 Å². The van der Waals surface area contributed by atoms with E-state index in [1.807, 2.05) is 37.3 Å². The van der Waals surface area contributed by atoms with Crippen LogP contribution in [0.15, 0.2) is 36.4 Å². The third-order valence-electron chi connectivity index (χ3n) is 3.08. The molecule has 2 nitrogen and oxygen atoms in total. The maximum atomic E-state index is 11.2. The first-order valence-electron chi connectivity index (χ1n) is 5.82. The maximum Gasteiger partial charge on any atom is 0.228 e. The summed E-state index contributed by atoms with van der Waals surface area (Å²) in [6, 6.07) is 12.1. The van der Waals surface area contributed by atoms with Gasteiger partial charge in [-0.1, -0.05) is 37.3 Å². The fourth-order valence-electron chi connectivity index (χ4n) is 1.97. The Bertz CT molecular complexity index is 578. The number of ether oxygens (including phenoxy) is 1. The number of methoxy groups -OCH3 is 1. The van der Waals surface area contributed by atoms with Gasteiger partial charge in [-0.25, -0.2) is 0 Å². The molecule has 0 saturated heterocycles. The van der Waals surface area contributed by atoms with Gasteiger partial charge < -0.3 is 4.74 Å². The molecule has 2 aromatic carbocycles. The lowest BCUT2D eigenvalue weighted by molar-refractivity contribution is -0.112. The highest BCUT2D eigenvalue weighted by Gasteiger charge is 2.12. The van der Waals surface area contributed by atoms with Crippen LogP contribution in [-0.2, 0) is 16.1 Å². The molecule has 0 N–H and O–H groups in total. The molecule has 0 spiro atoms. The molecule has 1 atom stereocenters. The van der Waals surface area contributed by atoms with Crippen molar-refractivity contribution in [1.82, 2.24) is 0 Å². The number of rotatable bonds is 4. The van der Waals surface area contributed by atoms with Crippen molar-refractivity contribution in [3.63, 3.8) is 0 Å². The molecule has 94 valence electrons. The first-order valence-corrected chi connectivity index (χ1v) is 6.20. The fraction of sp³-hybridized carbons (Fsp3) is 0.267. The van der Waals surface area contributed by atoms with E-state index in [9.17, 15) is 4.79 Å². The second-order valence-corrected chi connectivity index (χ2v) is 4.77. The van der Waals surface area contributed by atoms with E-state index in [2.05, 4.69) is 6.07 Å². The summed E-state index contributed by atoms with van der Waals surface area (Å²) in [4.78, 5) is 11.2. The Morgan fingerprint density at radius 1 is 1.22 bits per heavy atom. The molecule has 0 saturated carbocycles. The highest BCUT2D eigenvalue weighted by atomic mass is 35.5. The molecule has 0 aromatic heterocycles. The van der Waals surface area contributed by atoms with Gasteiger partial charge in [-0.3, -0.25) is 4.79 Å². The number of hydrogen-bond acceptors (Lipinski definition) is 2. The van der Waals surface area contributed by atoms with Gasteiger partial charge in [-0.2, -0.15) is 0 Å². The fourth-order valence-corrected chi connectivity index (χ4v) is 2.10. The topological polar surface area (TPSA) is 26.3 Å².